The lowest BCUT2D eigenvalue weighted by molar-refractivity contribution is 0.757. The van der Waals surface area contributed by atoms with Crippen molar-refractivity contribution in [3.8, 4) is 5.69 Å². The Labute approximate surface area is 106 Å². The molecule has 17 heavy (non-hydrogen) atoms. The lowest BCUT2D eigenvalue weighted by Gasteiger charge is -2.14. The van der Waals surface area contributed by atoms with Crippen molar-refractivity contribution >= 4 is 19.8 Å². The highest BCUT2D eigenvalue weighted by Crippen LogP contribution is 2.21. The molecular weight excluding hydrogens is 248 g/mol. The van der Waals surface area contributed by atoms with Crippen LogP contribution in [0.15, 0.2) is 35.5 Å². The van der Waals surface area contributed by atoms with Crippen molar-refractivity contribution in [2.24, 2.45) is 0 Å². The summed E-state index contributed by atoms with van der Waals surface area (Å²) in [6, 6.07) is 9.99. The van der Waals surface area contributed by atoms with Crippen LogP contribution in [0.1, 0.15) is 0 Å². The van der Waals surface area contributed by atoms with Crippen LogP contribution < -0.4 is 0 Å². The molecule has 0 saturated carbocycles. The minimum Gasteiger partial charge on any atom is -0.188 e. The molecule has 4 nitrogen and oxygen atoms in total. The van der Waals surface area contributed by atoms with Gasteiger partial charge >= 0.3 is 0 Å². The van der Waals surface area contributed by atoms with Crippen LogP contribution in [0, 0.1) is 0 Å². The minimum atomic E-state index is -1.08. The first-order valence-corrected chi connectivity index (χ1v) is 10.2. The molecule has 0 atom stereocenters. The van der Waals surface area contributed by atoms with Crippen molar-refractivity contribution in [2.45, 2.75) is 24.8 Å². The van der Waals surface area contributed by atoms with E-state index in [-0.39, 0.29) is 0 Å². The predicted octanol–water partition coefficient (Wildman–Crippen LogP) is 2.63. The van der Waals surface area contributed by atoms with Gasteiger partial charge in [-0.1, -0.05) is 49.6 Å². The van der Waals surface area contributed by atoms with Gasteiger partial charge in [0.25, 0.3) is 0 Å². The molecule has 0 unspecified atom stereocenters. The van der Waals surface area contributed by atoms with Gasteiger partial charge in [0.2, 0.25) is 5.16 Å². The largest absolute Gasteiger partial charge is 0.213 e. The lowest BCUT2D eigenvalue weighted by atomic mass is 10.3. The van der Waals surface area contributed by atoms with Gasteiger partial charge in [-0.05, 0) is 27.9 Å². The molecule has 0 saturated heterocycles. The molecular formula is C11H16N4SSi. The number of aromatic nitrogens is 4. The molecule has 0 bridgehead atoms. The highest BCUT2D eigenvalue weighted by Gasteiger charge is 2.16. The quantitative estimate of drug-likeness (QED) is 0.629. The Morgan fingerprint density at radius 2 is 1.88 bits per heavy atom. The number of para-hydroxylation sites is 1. The summed E-state index contributed by atoms with van der Waals surface area (Å²) in [5.41, 5.74) is 1.01. The fourth-order valence-corrected chi connectivity index (χ4v) is 3.89. The minimum absolute atomic E-state index is 0.874. The summed E-state index contributed by atoms with van der Waals surface area (Å²) in [5.74, 6) is 0. The summed E-state index contributed by atoms with van der Waals surface area (Å²) in [5, 5.41) is 13.9. The van der Waals surface area contributed by atoms with Crippen LogP contribution >= 0.6 is 11.8 Å². The monoisotopic (exact) mass is 264 g/mol. The third kappa shape index (κ3) is 3.40. The van der Waals surface area contributed by atoms with Crippen LogP contribution in [-0.2, 0) is 0 Å². The topological polar surface area (TPSA) is 43.6 Å². The van der Waals surface area contributed by atoms with Gasteiger partial charge in [-0.3, -0.25) is 0 Å². The second-order valence-electron chi connectivity index (χ2n) is 5.06. The lowest BCUT2D eigenvalue weighted by Crippen LogP contribution is -2.24. The molecule has 2 rings (SSSR count). The number of hydrogen-bond acceptors (Lipinski definition) is 4. The van der Waals surface area contributed by atoms with Crippen LogP contribution in [0.2, 0.25) is 19.6 Å². The maximum absolute atomic E-state index is 4.08. The highest BCUT2D eigenvalue weighted by atomic mass is 32.2. The molecule has 0 radical (unpaired) electrons. The Bertz CT molecular complexity index is 478. The van der Waals surface area contributed by atoms with E-state index in [4.69, 9.17) is 0 Å². The van der Waals surface area contributed by atoms with Crippen molar-refractivity contribution in [2.75, 3.05) is 5.38 Å². The standard InChI is InChI=1S/C11H16N4SSi/c1-17(2,3)9-16-11-12-13-14-15(11)10-7-5-4-6-8-10/h4-8H,9H2,1-3H3. The molecule has 1 aromatic carbocycles. The third-order valence-electron chi connectivity index (χ3n) is 2.08. The number of thioether (sulfide) groups is 1. The molecule has 1 heterocycles. The van der Waals surface area contributed by atoms with Gasteiger partial charge in [0, 0.05) is 0 Å². The highest BCUT2D eigenvalue weighted by molar-refractivity contribution is 8.00. The van der Waals surface area contributed by atoms with Gasteiger partial charge < -0.3 is 0 Å². The number of tetrazole rings is 1. The molecule has 0 N–H and O–H groups in total. The Kier molecular flexibility index (Phi) is 3.63. The number of rotatable bonds is 4. The van der Waals surface area contributed by atoms with Crippen LogP contribution in [0.5, 0.6) is 0 Å². The van der Waals surface area contributed by atoms with Gasteiger partial charge in [0.05, 0.1) is 13.8 Å². The molecule has 0 spiro atoms. The van der Waals surface area contributed by atoms with Crippen molar-refractivity contribution in [1.82, 2.24) is 20.2 Å². The maximum Gasteiger partial charge on any atom is 0.213 e. The van der Waals surface area contributed by atoms with E-state index in [1.54, 1.807) is 16.4 Å². The van der Waals surface area contributed by atoms with E-state index in [0.29, 0.717) is 0 Å². The summed E-state index contributed by atoms with van der Waals surface area (Å²) in [7, 11) is -1.08. The molecule has 0 aliphatic rings. The molecule has 0 aliphatic heterocycles. The zero-order valence-corrected chi connectivity index (χ0v) is 12.1. The molecule has 6 heteroatoms. The number of nitrogens with zero attached hydrogens (tertiary/aromatic N) is 4. The normalized spacial score (nSPS) is 11.7. The Hall–Kier alpha value is -1.14. The first kappa shape index (κ1) is 12.3. The molecule has 0 aliphatic carbocycles. The third-order valence-corrected chi connectivity index (χ3v) is 6.63. The summed E-state index contributed by atoms with van der Waals surface area (Å²) in [6.07, 6.45) is 0. The van der Waals surface area contributed by atoms with E-state index < -0.39 is 8.07 Å². The molecule has 2 aromatic rings. The van der Waals surface area contributed by atoms with E-state index in [0.717, 1.165) is 16.2 Å². The second-order valence-corrected chi connectivity index (χ2v) is 12.0. The average molecular weight is 264 g/mol. The zero-order valence-electron chi connectivity index (χ0n) is 10.3. The Morgan fingerprint density at radius 3 is 2.53 bits per heavy atom. The first-order valence-electron chi connectivity index (χ1n) is 5.53. The zero-order chi connectivity index (χ0) is 12.3. The van der Waals surface area contributed by atoms with Crippen LogP contribution in [0.3, 0.4) is 0 Å². The van der Waals surface area contributed by atoms with E-state index >= 15 is 0 Å². The maximum atomic E-state index is 4.08. The summed E-state index contributed by atoms with van der Waals surface area (Å²) in [6.45, 7) is 7.03. The summed E-state index contributed by atoms with van der Waals surface area (Å²) >= 11 is 1.74. The van der Waals surface area contributed by atoms with Crippen molar-refractivity contribution in [3.63, 3.8) is 0 Å². The van der Waals surface area contributed by atoms with Crippen molar-refractivity contribution in [1.29, 1.82) is 0 Å². The van der Waals surface area contributed by atoms with Gasteiger partial charge in [0.15, 0.2) is 0 Å². The first-order chi connectivity index (χ1) is 8.06. The summed E-state index contributed by atoms with van der Waals surface area (Å²) < 4.78 is 1.80. The van der Waals surface area contributed by atoms with Crippen molar-refractivity contribution < 1.29 is 0 Å². The van der Waals surface area contributed by atoms with E-state index in [9.17, 15) is 0 Å². The van der Waals surface area contributed by atoms with E-state index in [1.165, 1.54) is 0 Å². The Balaban J connectivity index is 2.18. The smallest absolute Gasteiger partial charge is 0.188 e. The average Bonchev–Trinajstić information content (AvgIpc) is 2.75. The van der Waals surface area contributed by atoms with Crippen LogP contribution in [-0.4, -0.2) is 33.7 Å². The fourth-order valence-electron chi connectivity index (χ4n) is 1.28. The van der Waals surface area contributed by atoms with Crippen LogP contribution in [0.25, 0.3) is 5.69 Å². The number of benzene rings is 1. The van der Waals surface area contributed by atoms with Gasteiger partial charge in [0.1, 0.15) is 0 Å². The Morgan fingerprint density at radius 1 is 1.18 bits per heavy atom. The van der Waals surface area contributed by atoms with Gasteiger partial charge in [-0.15, -0.1) is 5.10 Å². The van der Waals surface area contributed by atoms with Crippen molar-refractivity contribution in [3.05, 3.63) is 30.3 Å². The van der Waals surface area contributed by atoms with Gasteiger partial charge in [-0.25, -0.2) is 0 Å². The van der Waals surface area contributed by atoms with E-state index in [2.05, 4.69) is 35.2 Å². The fraction of sp³-hybridized carbons (Fsp3) is 0.364. The predicted molar refractivity (Wildman–Crippen MR) is 73.2 cm³/mol. The molecule has 0 amide bonds. The van der Waals surface area contributed by atoms with E-state index in [1.807, 2.05) is 30.3 Å². The number of hydrogen-bond donors (Lipinski definition) is 0. The molecule has 90 valence electrons. The molecule has 1 aromatic heterocycles. The SMILES string of the molecule is C[Si](C)(C)CSc1nnnn1-c1ccccc1. The van der Waals surface area contributed by atoms with Crippen LogP contribution in [0.4, 0.5) is 0 Å². The van der Waals surface area contributed by atoms with Gasteiger partial charge in [-0.2, -0.15) is 4.68 Å². The molecule has 0 fully saturated rings. The second kappa shape index (κ2) is 5.01. The summed E-state index contributed by atoms with van der Waals surface area (Å²) in [4.78, 5) is 0.